The number of thiazole rings is 1. The molecule has 0 aliphatic heterocycles. The van der Waals surface area contributed by atoms with Crippen LogP contribution in [-0.2, 0) is 6.42 Å². The van der Waals surface area contributed by atoms with Crippen molar-refractivity contribution in [1.29, 1.82) is 0 Å². The van der Waals surface area contributed by atoms with E-state index in [2.05, 4.69) is 42.7 Å². The van der Waals surface area contributed by atoms with Gasteiger partial charge in [-0.25, -0.2) is 4.98 Å². The highest BCUT2D eigenvalue weighted by Crippen LogP contribution is 2.29. The van der Waals surface area contributed by atoms with Crippen LogP contribution in [0.4, 0.5) is 0 Å². The van der Waals surface area contributed by atoms with Gasteiger partial charge in [-0.3, -0.25) is 0 Å². The molecule has 0 spiro atoms. The Morgan fingerprint density at radius 1 is 1.35 bits per heavy atom. The largest absolute Gasteiger partial charge is 0.494 e. The molecule has 108 valence electrons. The van der Waals surface area contributed by atoms with Gasteiger partial charge in [0.15, 0.2) is 0 Å². The van der Waals surface area contributed by atoms with Crippen molar-refractivity contribution >= 4 is 11.3 Å². The fourth-order valence-corrected chi connectivity index (χ4v) is 2.95. The van der Waals surface area contributed by atoms with Crippen LogP contribution >= 0.6 is 11.3 Å². The Kier molecular flexibility index (Phi) is 5.15. The molecule has 0 saturated heterocycles. The standard InChI is InChI=1S/C16H22N2OS/c1-5-12-9-13(7-8-15(12)19-6-2)14-10-20-16(18-14)11(3)17-4/h7-11,17H,5-6H2,1-4H3. The lowest BCUT2D eigenvalue weighted by molar-refractivity contribution is 0.337. The summed E-state index contributed by atoms with van der Waals surface area (Å²) in [5.74, 6) is 0.984. The number of aryl methyl sites for hydroxylation is 1. The molecule has 2 aromatic rings. The Morgan fingerprint density at radius 2 is 2.15 bits per heavy atom. The maximum Gasteiger partial charge on any atom is 0.122 e. The summed E-state index contributed by atoms with van der Waals surface area (Å²) in [4.78, 5) is 4.72. The molecule has 1 N–H and O–H groups in total. The smallest absolute Gasteiger partial charge is 0.122 e. The molecule has 0 amide bonds. The summed E-state index contributed by atoms with van der Waals surface area (Å²) >= 11 is 1.70. The van der Waals surface area contributed by atoms with Crippen molar-refractivity contribution in [2.45, 2.75) is 33.2 Å². The van der Waals surface area contributed by atoms with Gasteiger partial charge in [-0.2, -0.15) is 0 Å². The van der Waals surface area contributed by atoms with Crippen LogP contribution in [0.15, 0.2) is 23.6 Å². The fraction of sp³-hybridized carbons (Fsp3) is 0.438. The highest BCUT2D eigenvalue weighted by atomic mass is 32.1. The van der Waals surface area contributed by atoms with Gasteiger partial charge in [-0.15, -0.1) is 11.3 Å². The minimum absolute atomic E-state index is 0.294. The maximum atomic E-state index is 5.65. The van der Waals surface area contributed by atoms with Crippen molar-refractivity contribution in [2.75, 3.05) is 13.7 Å². The van der Waals surface area contributed by atoms with E-state index in [4.69, 9.17) is 9.72 Å². The quantitative estimate of drug-likeness (QED) is 0.871. The molecule has 3 nitrogen and oxygen atoms in total. The predicted molar refractivity (Wildman–Crippen MR) is 85.6 cm³/mol. The molecule has 2 rings (SSSR count). The van der Waals surface area contributed by atoms with Crippen LogP contribution < -0.4 is 10.1 Å². The van der Waals surface area contributed by atoms with Crippen LogP contribution in [0.3, 0.4) is 0 Å². The SMILES string of the molecule is CCOc1ccc(-c2csc(C(C)NC)n2)cc1CC. The molecule has 0 aliphatic carbocycles. The molecule has 0 aliphatic rings. The lowest BCUT2D eigenvalue weighted by Gasteiger charge is -2.10. The number of nitrogens with zero attached hydrogens (tertiary/aromatic N) is 1. The van der Waals surface area contributed by atoms with Crippen molar-refractivity contribution in [3.8, 4) is 17.0 Å². The van der Waals surface area contributed by atoms with E-state index >= 15 is 0 Å². The summed E-state index contributed by atoms with van der Waals surface area (Å²) in [5, 5.41) is 6.47. The molecule has 0 fully saturated rings. The van der Waals surface area contributed by atoms with Crippen molar-refractivity contribution < 1.29 is 4.74 Å². The molecule has 0 saturated carbocycles. The zero-order valence-corrected chi connectivity index (χ0v) is 13.4. The van der Waals surface area contributed by atoms with Gasteiger partial charge in [0.2, 0.25) is 0 Å². The fourth-order valence-electron chi connectivity index (χ4n) is 2.05. The second-order valence-corrected chi connectivity index (χ2v) is 5.58. The van der Waals surface area contributed by atoms with Gasteiger partial charge >= 0.3 is 0 Å². The van der Waals surface area contributed by atoms with Crippen LogP contribution in [0.2, 0.25) is 0 Å². The van der Waals surface area contributed by atoms with E-state index in [1.165, 1.54) is 5.56 Å². The van der Waals surface area contributed by atoms with Crippen LogP contribution in [0, 0.1) is 0 Å². The normalized spacial score (nSPS) is 12.4. The molecule has 0 radical (unpaired) electrons. The third-order valence-electron chi connectivity index (χ3n) is 3.36. The van der Waals surface area contributed by atoms with Gasteiger partial charge in [0.05, 0.1) is 18.3 Å². The summed E-state index contributed by atoms with van der Waals surface area (Å²) < 4.78 is 5.65. The summed E-state index contributed by atoms with van der Waals surface area (Å²) in [5.41, 5.74) is 3.45. The van der Waals surface area contributed by atoms with Gasteiger partial charge in [-0.1, -0.05) is 6.92 Å². The summed E-state index contributed by atoms with van der Waals surface area (Å²) in [6.45, 7) is 6.99. The number of ether oxygens (including phenoxy) is 1. The van der Waals surface area contributed by atoms with Gasteiger partial charge in [-0.05, 0) is 51.1 Å². The lowest BCUT2D eigenvalue weighted by Crippen LogP contribution is -2.11. The van der Waals surface area contributed by atoms with E-state index in [0.29, 0.717) is 12.6 Å². The van der Waals surface area contributed by atoms with Gasteiger partial charge in [0.1, 0.15) is 10.8 Å². The number of nitrogens with one attached hydrogen (secondary N) is 1. The van der Waals surface area contributed by atoms with Crippen molar-refractivity contribution in [3.05, 3.63) is 34.2 Å². The molecule has 1 atom stereocenters. The molecule has 1 heterocycles. The second kappa shape index (κ2) is 6.86. The number of benzene rings is 1. The number of hydrogen-bond acceptors (Lipinski definition) is 4. The number of rotatable bonds is 6. The molecular weight excluding hydrogens is 268 g/mol. The van der Waals surface area contributed by atoms with Crippen molar-refractivity contribution in [3.63, 3.8) is 0 Å². The average Bonchev–Trinajstić information content (AvgIpc) is 2.97. The molecule has 1 aromatic carbocycles. The van der Waals surface area contributed by atoms with Gasteiger partial charge in [0, 0.05) is 10.9 Å². The Morgan fingerprint density at radius 3 is 2.80 bits per heavy atom. The topological polar surface area (TPSA) is 34.1 Å². The first-order valence-corrected chi connectivity index (χ1v) is 7.96. The lowest BCUT2D eigenvalue weighted by atomic mass is 10.1. The Hall–Kier alpha value is -1.39. The Labute approximate surface area is 125 Å². The molecular formula is C16H22N2OS. The zero-order chi connectivity index (χ0) is 14.5. The monoisotopic (exact) mass is 290 g/mol. The van der Waals surface area contributed by atoms with Crippen LogP contribution in [0.1, 0.15) is 37.4 Å². The first kappa shape index (κ1) is 15.0. The third-order valence-corrected chi connectivity index (χ3v) is 4.39. The summed E-state index contributed by atoms with van der Waals surface area (Å²) in [6.07, 6.45) is 0.965. The number of aromatic nitrogens is 1. The average molecular weight is 290 g/mol. The number of hydrogen-bond donors (Lipinski definition) is 1. The predicted octanol–water partition coefficient (Wildman–Crippen LogP) is 4.05. The zero-order valence-electron chi connectivity index (χ0n) is 12.6. The van der Waals surface area contributed by atoms with Crippen molar-refractivity contribution in [1.82, 2.24) is 10.3 Å². The highest BCUT2D eigenvalue weighted by Gasteiger charge is 2.11. The summed E-state index contributed by atoms with van der Waals surface area (Å²) in [6, 6.07) is 6.63. The van der Waals surface area contributed by atoms with E-state index < -0.39 is 0 Å². The molecule has 1 aromatic heterocycles. The minimum Gasteiger partial charge on any atom is -0.494 e. The van der Waals surface area contributed by atoms with E-state index in [0.717, 1.165) is 28.4 Å². The minimum atomic E-state index is 0.294. The molecule has 1 unspecified atom stereocenters. The molecule has 0 bridgehead atoms. The van der Waals surface area contributed by atoms with Crippen LogP contribution in [-0.4, -0.2) is 18.6 Å². The highest BCUT2D eigenvalue weighted by molar-refractivity contribution is 7.10. The molecule has 20 heavy (non-hydrogen) atoms. The van der Waals surface area contributed by atoms with Crippen LogP contribution in [0.25, 0.3) is 11.3 Å². The van der Waals surface area contributed by atoms with E-state index in [1.807, 2.05) is 14.0 Å². The van der Waals surface area contributed by atoms with Crippen molar-refractivity contribution in [2.24, 2.45) is 0 Å². The van der Waals surface area contributed by atoms with E-state index in [1.54, 1.807) is 11.3 Å². The summed E-state index contributed by atoms with van der Waals surface area (Å²) in [7, 11) is 1.96. The van der Waals surface area contributed by atoms with Gasteiger partial charge in [0.25, 0.3) is 0 Å². The Bertz CT molecular complexity index is 565. The molecule has 4 heteroatoms. The van der Waals surface area contributed by atoms with Crippen LogP contribution in [0.5, 0.6) is 5.75 Å². The van der Waals surface area contributed by atoms with Gasteiger partial charge < -0.3 is 10.1 Å². The Balaban J connectivity index is 2.30. The third kappa shape index (κ3) is 3.19. The first-order chi connectivity index (χ1) is 9.69. The van der Waals surface area contributed by atoms with E-state index in [9.17, 15) is 0 Å². The van der Waals surface area contributed by atoms with E-state index in [-0.39, 0.29) is 0 Å². The second-order valence-electron chi connectivity index (χ2n) is 4.69. The maximum absolute atomic E-state index is 5.65. The first-order valence-electron chi connectivity index (χ1n) is 7.08.